The molecule has 1 saturated carbocycles. The third-order valence-electron chi connectivity index (χ3n) is 3.68. The number of hydrogen-bond acceptors (Lipinski definition) is 7. The molecule has 2 fully saturated rings. The number of anilines is 3. The van der Waals surface area contributed by atoms with E-state index in [2.05, 4.69) is 30.5 Å². The lowest BCUT2D eigenvalue weighted by Gasteiger charge is -2.32. The van der Waals surface area contributed by atoms with Crippen LogP contribution in [-0.4, -0.2) is 52.3 Å². The number of nitrogens with zero attached hydrogens (tertiary/aromatic N) is 4. The summed E-state index contributed by atoms with van der Waals surface area (Å²) in [6.45, 7) is 2.02. The predicted molar refractivity (Wildman–Crippen MR) is 73.5 cm³/mol. The molecule has 7 nitrogen and oxygen atoms in total. The van der Waals surface area contributed by atoms with Gasteiger partial charge in [0, 0.05) is 26.2 Å². The normalized spacial score (nSPS) is 26.1. The fraction of sp³-hybridized carbons (Fsp3) is 0.750. The zero-order valence-electron chi connectivity index (χ0n) is 11.1. The van der Waals surface area contributed by atoms with Crippen LogP contribution in [0.15, 0.2) is 0 Å². The van der Waals surface area contributed by atoms with E-state index in [9.17, 15) is 5.11 Å². The third kappa shape index (κ3) is 2.70. The summed E-state index contributed by atoms with van der Waals surface area (Å²) in [4.78, 5) is 15.4. The van der Waals surface area contributed by atoms with E-state index in [0.29, 0.717) is 11.9 Å². The molecule has 2 aliphatic rings. The standard InChI is InChI=1S/C12H20N6O/c1-13-10-15-11(14-8-6-9(19)7-8)17-12(16-10)18-4-2-3-5-18/h8-9,19H,2-7H2,1H3,(H2,13,14,15,16,17). The molecule has 1 saturated heterocycles. The second-order valence-corrected chi connectivity index (χ2v) is 5.19. The molecule has 7 heteroatoms. The smallest absolute Gasteiger partial charge is 0.231 e. The van der Waals surface area contributed by atoms with Gasteiger partial charge in [-0.1, -0.05) is 0 Å². The van der Waals surface area contributed by atoms with Crippen molar-refractivity contribution < 1.29 is 5.11 Å². The van der Waals surface area contributed by atoms with Crippen LogP contribution in [0.5, 0.6) is 0 Å². The number of nitrogens with one attached hydrogen (secondary N) is 2. The van der Waals surface area contributed by atoms with Gasteiger partial charge in [-0.3, -0.25) is 0 Å². The Morgan fingerprint density at radius 1 is 1.11 bits per heavy atom. The molecule has 1 aliphatic heterocycles. The van der Waals surface area contributed by atoms with E-state index < -0.39 is 0 Å². The van der Waals surface area contributed by atoms with Crippen molar-refractivity contribution in [3.63, 3.8) is 0 Å². The highest BCUT2D eigenvalue weighted by molar-refractivity contribution is 5.44. The van der Waals surface area contributed by atoms with Crippen molar-refractivity contribution in [2.75, 3.05) is 35.7 Å². The van der Waals surface area contributed by atoms with E-state index in [1.165, 1.54) is 12.8 Å². The maximum absolute atomic E-state index is 9.31. The van der Waals surface area contributed by atoms with Crippen molar-refractivity contribution >= 4 is 17.8 Å². The Labute approximate surface area is 112 Å². The van der Waals surface area contributed by atoms with Gasteiger partial charge in [0.05, 0.1) is 6.10 Å². The summed E-state index contributed by atoms with van der Waals surface area (Å²) in [5.41, 5.74) is 0. The van der Waals surface area contributed by atoms with Crippen LogP contribution in [0, 0.1) is 0 Å². The van der Waals surface area contributed by atoms with Crippen molar-refractivity contribution in [1.29, 1.82) is 0 Å². The lowest BCUT2D eigenvalue weighted by Crippen LogP contribution is -2.39. The first-order valence-corrected chi connectivity index (χ1v) is 6.88. The molecule has 1 aliphatic carbocycles. The molecular weight excluding hydrogens is 244 g/mol. The molecule has 0 unspecified atom stereocenters. The fourth-order valence-electron chi connectivity index (χ4n) is 2.49. The maximum atomic E-state index is 9.31. The van der Waals surface area contributed by atoms with Crippen LogP contribution in [-0.2, 0) is 0 Å². The second kappa shape index (κ2) is 5.16. The molecule has 0 aromatic carbocycles. The van der Waals surface area contributed by atoms with Crippen LogP contribution in [0.3, 0.4) is 0 Å². The van der Waals surface area contributed by atoms with Crippen LogP contribution in [0.2, 0.25) is 0 Å². The molecular formula is C12H20N6O. The van der Waals surface area contributed by atoms with Crippen molar-refractivity contribution in [3.8, 4) is 0 Å². The Morgan fingerprint density at radius 2 is 1.79 bits per heavy atom. The lowest BCUT2D eigenvalue weighted by atomic mass is 9.90. The molecule has 0 spiro atoms. The monoisotopic (exact) mass is 264 g/mol. The first-order chi connectivity index (χ1) is 9.24. The maximum Gasteiger partial charge on any atom is 0.231 e. The summed E-state index contributed by atoms with van der Waals surface area (Å²) < 4.78 is 0. The highest BCUT2D eigenvalue weighted by Gasteiger charge is 2.28. The van der Waals surface area contributed by atoms with Gasteiger partial charge in [0.2, 0.25) is 17.8 Å². The summed E-state index contributed by atoms with van der Waals surface area (Å²) in [5, 5.41) is 15.5. The Bertz CT molecular complexity index is 442. The Hall–Kier alpha value is -1.63. The topological polar surface area (TPSA) is 86.2 Å². The van der Waals surface area contributed by atoms with E-state index in [1.807, 2.05) is 0 Å². The van der Waals surface area contributed by atoms with Gasteiger partial charge in [-0.05, 0) is 25.7 Å². The highest BCUT2D eigenvalue weighted by atomic mass is 16.3. The first kappa shape index (κ1) is 12.4. The summed E-state index contributed by atoms with van der Waals surface area (Å²) in [5.74, 6) is 1.91. The van der Waals surface area contributed by atoms with Crippen LogP contribution in [0.1, 0.15) is 25.7 Å². The minimum Gasteiger partial charge on any atom is -0.393 e. The number of aliphatic hydroxyl groups is 1. The van der Waals surface area contributed by atoms with E-state index in [0.717, 1.165) is 31.9 Å². The van der Waals surface area contributed by atoms with Crippen LogP contribution in [0.4, 0.5) is 17.8 Å². The van der Waals surface area contributed by atoms with E-state index in [-0.39, 0.29) is 12.1 Å². The Kier molecular flexibility index (Phi) is 3.37. The number of aliphatic hydroxyl groups excluding tert-OH is 1. The molecule has 3 rings (SSSR count). The fourth-order valence-corrected chi connectivity index (χ4v) is 2.49. The molecule has 0 amide bonds. The molecule has 19 heavy (non-hydrogen) atoms. The largest absolute Gasteiger partial charge is 0.393 e. The quantitative estimate of drug-likeness (QED) is 0.727. The number of rotatable bonds is 4. The summed E-state index contributed by atoms with van der Waals surface area (Å²) in [7, 11) is 1.81. The van der Waals surface area contributed by atoms with Crippen molar-refractivity contribution in [3.05, 3.63) is 0 Å². The molecule has 1 aromatic heterocycles. The predicted octanol–water partition coefficient (Wildman–Crippen LogP) is 0.449. The second-order valence-electron chi connectivity index (χ2n) is 5.19. The van der Waals surface area contributed by atoms with Crippen LogP contribution in [0.25, 0.3) is 0 Å². The Morgan fingerprint density at radius 3 is 2.42 bits per heavy atom. The van der Waals surface area contributed by atoms with Crippen LogP contribution >= 0.6 is 0 Å². The van der Waals surface area contributed by atoms with Crippen molar-refractivity contribution in [2.24, 2.45) is 0 Å². The Balaban J connectivity index is 1.76. The third-order valence-corrected chi connectivity index (χ3v) is 3.68. The minimum atomic E-state index is -0.179. The zero-order chi connectivity index (χ0) is 13.2. The van der Waals surface area contributed by atoms with Gasteiger partial charge < -0.3 is 20.6 Å². The van der Waals surface area contributed by atoms with Gasteiger partial charge in [0.1, 0.15) is 0 Å². The van der Waals surface area contributed by atoms with Gasteiger partial charge in [0.15, 0.2) is 0 Å². The van der Waals surface area contributed by atoms with Crippen LogP contribution < -0.4 is 15.5 Å². The SMILES string of the molecule is CNc1nc(NC2CC(O)C2)nc(N2CCCC2)n1. The van der Waals surface area contributed by atoms with Gasteiger partial charge in [0.25, 0.3) is 0 Å². The van der Waals surface area contributed by atoms with Crippen molar-refractivity contribution in [1.82, 2.24) is 15.0 Å². The molecule has 2 heterocycles. The van der Waals surface area contributed by atoms with Gasteiger partial charge in [-0.15, -0.1) is 0 Å². The molecule has 0 radical (unpaired) electrons. The van der Waals surface area contributed by atoms with Crippen molar-refractivity contribution in [2.45, 2.75) is 37.8 Å². The summed E-state index contributed by atoms with van der Waals surface area (Å²) in [6.07, 6.45) is 3.73. The zero-order valence-corrected chi connectivity index (χ0v) is 11.1. The van der Waals surface area contributed by atoms with Gasteiger partial charge >= 0.3 is 0 Å². The molecule has 1 aromatic rings. The lowest BCUT2D eigenvalue weighted by molar-refractivity contribution is 0.0834. The summed E-state index contributed by atoms with van der Waals surface area (Å²) in [6, 6.07) is 0.272. The molecule has 0 bridgehead atoms. The molecule has 3 N–H and O–H groups in total. The first-order valence-electron chi connectivity index (χ1n) is 6.88. The number of aromatic nitrogens is 3. The average Bonchev–Trinajstić information content (AvgIpc) is 2.90. The average molecular weight is 264 g/mol. The molecule has 104 valence electrons. The minimum absolute atomic E-state index is 0.179. The number of hydrogen-bond donors (Lipinski definition) is 3. The highest BCUT2D eigenvalue weighted by Crippen LogP contribution is 2.24. The van der Waals surface area contributed by atoms with E-state index in [4.69, 9.17) is 0 Å². The molecule has 0 atom stereocenters. The van der Waals surface area contributed by atoms with Gasteiger partial charge in [-0.25, -0.2) is 0 Å². The van der Waals surface area contributed by atoms with Gasteiger partial charge in [-0.2, -0.15) is 15.0 Å². The van der Waals surface area contributed by atoms with E-state index >= 15 is 0 Å². The summed E-state index contributed by atoms with van der Waals surface area (Å²) >= 11 is 0. The van der Waals surface area contributed by atoms with E-state index in [1.54, 1.807) is 7.05 Å².